The minimum Gasteiger partial charge on any atom is -0.381 e. The zero-order chi connectivity index (χ0) is 13.5. The number of benzene rings is 2. The lowest BCUT2D eigenvalue weighted by molar-refractivity contribution is 0.104. The van der Waals surface area contributed by atoms with E-state index in [0.717, 1.165) is 16.5 Å². The lowest BCUT2D eigenvalue weighted by Gasteiger charge is -2.25. The predicted octanol–water partition coefficient (Wildman–Crippen LogP) is 3.56. The highest BCUT2D eigenvalue weighted by Gasteiger charge is 2.27. The van der Waals surface area contributed by atoms with Crippen molar-refractivity contribution in [2.45, 2.75) is 12.5 Å². The number of aromatic amines is 1. The molecule has 0 aliphatic rings. The molecule has 0 saturated carbocycles. The molecule has 0 amide bonds. The molecule has 2 aromatic carbocycles. The van der Waals surface area contributed by atoms with Crippen molar-refractivity contribution in [3.8, 4) is 0 Å². The Morgan fingerprint density at radius 1 is 1.05 bits per heavy atom. The minimum absolute atomic E-state index is 0.306. The van der Waals surface area contributed by atoms with Crippen molar-refractivity contribution in [2.24, 2.45) is 0 Å². The van der Waals surface area contributed by atoms with Crippen LogP contribution in [0.2, 0.25) is 0 Å². The Morgan fingerprint density at radius 3 is 2.53 bits per heavy atom. The number of H-pyrrole nitrogens is 1. The molecule has 3 rings (SSSR count). The topological polar surface area (TPSA) is 36.0 Å². The highest BCUT2D eigenvalue weighted by atomic mass is 19.1. The standard InChI is InChI=1S/C16H14FNO/c1-16(19,11-5-7-12(17)8-6-11)14-3-2-4-15-13(14)9-10-18-15/h2-10,18-19H,1H3. The van der Waals surface area contributed by atoms with E-state index in [1.54, 1.807) is 19.1 Å². The second-order valence-corrected chi connectivity index (χ2v) is 4.82. The minimum atomic E-state index is -1.16. The Bertz CT molecular complexity index is 713. The van der Waals surface area contributed by atoms with E-state index in [4.69, 9.17) is 0 Å². The smallest absolute Gasteiger partial charge is 0.123 e. The molecule has 0 fully saturated rings. The molecule has 1 heterocycles. The quantitative estimate of drug-likeness (QED) is 0.721. The zero-order valence-electron chi connectivity index (χ0n) is 10.5. The normalized spacial score (nSPS) is 14.5. The summed E-state index contributed by atoms with van der Waals surface area (Å²) in [6.45, 7) is 1.72. The van der Waals surface area contributed by atoms with Crippen molar-refractivity contribution in [1.29, 1.82) is 0 Å². The molecular formula is C16H14FNO. The molecule has 96 valence electrons. The maximum absolute atomic E-state index is 13.0. The van der Waals surface area contributed by atoms with Crippen molar-refractivity contribution in [3.63, 3.8) is 0 Å². The van der Waals surface area contributed by atoms with Crippen molar-refractivity contribution in [1.82, 2.24) is 4.98 Å². The Labute approximate surface area is 110 Å². The maximum atomic E-state index is 13.0. The molecule has 2 nitrogen and oxygen atoms in total. The van der Waals surface area contributed by atoms with Crippen LogP contribution in [-0.2, 0) is 5.60 Å². The Kier molecular flexibility index (Phi) is 2.64. The molecule has 1 unspecified atom stereocenters. The second-order valence-electron chi connectivity index (χ2n) is 4.82. The first-order valence-electron chi connectivity index (χ1n) is 6.14. The van der Waals surface area contributed by atoms with Gasteiger partial charge in [0.2, 0.25) is 0 Å². The predicted molar refractivity (Wildman–Crippen MR) is 73.4 cm³/mol. The van der Waals surface area contributed by atoms with Gasteiger partial charge in [0.25, 0.3) is 0 Å². The van der Waals surface area contributed by atoms with Gasteiger partial charge in [0, 0.05) is 17.1 Å². The summed E-state index contributed by atoms with van der Waals surface area (Å²) >= 11 is 0. The third-order valence-electron chi connectivity index (χ3n) is 3.53. The van der Waals surface area contributed by atoms with E-state index < -0.39 is 5.60 Å². The van der Waals surface area contributed by atoms with E-state index in [9.17, 15) is 9.50 Å². The average molecular weight is 255 g/mol. The third-order valence-corrected chi connectivity index (χ3v) is 3.53. The molecule has 3 heteroatoms. The van der Waals surface area contributed by atoms with Gasteiger partial charge in [0.15, 0.2) is 0 Å². The Balaban J connectivity index is 2.18. The number of aliphatic hydroxyl groups is 1. The highest BCUT2D eigenvalue weighted by Crippen LogP contribution is 2.33. The summed E-state index contributed by atoms with van der Waals surface area (Å²) in [5, 5.41) is 11.8. The summed E-state index contributed by atoms with van der Waals surface area (Å²) in [4.78, 5) is 3.12. The van der Waals surface area contributed by atoms with E-state index in [0.29, 0.717) is 5.56 Å². The fraction of sp³-hybridized carbons (Fsp3) is 0.125. The monoisotopic (exact) mass is 255 g/mol. The van der Waals surface area contributed by atoms with Crippen LogP contribution in [-0.4, -0.2) is 10.1 Å². The van der Waals surface area contributed by atoms with Gasteiger partial charge in [-0.1, -0.05) is 24.3 Å². The van der Waals surface area contributed by atoms with Crippen molar-refractivity contribution in [2.75, 3.05) is 0 Å². The summed E-state index contributed by atoms with van der Waals surface area (Å²) < 4.78 is 13.0. The van der Waals surface area contributed by atoms with Crippen LogP contribution in [0.4, 0.5) is 4.39 Å². The first-order chi connectivity index (χ1) is 9.09. The van der Waals surface area contributed by atoms with Crippen molar-refractivity contribution in [3.05, 3.63) is 71.7 Å². The molecule has 3 aromatic rings. The summed E-state index contributed by atoms with van der Waals surface area (Å²) in [6, 6.07) is 13.6. The highest BCUT2D eigenvalue weighted by molar-refractivity contribution is 5.84. The van der Waals surface area contributed by atoms with E-state index in [1.165, 1.54) is 12.1 Å². The molecule has 0 radical (unpaired) electrons. The van der Waals surface area contributed by atoms with Crippen LogP contribution in [0.25, 0.3) is 10.9 Å². The number of halogens is 1. The molecule has 1 atom stereocenters. The lowest BCUT2D eigenvalue weighted by Crippen LogP contribution is -2.22. The third kappa shape index (κ3) is 1.92. The molecule has 0 bridgehead atoms. The van der Waals surface area contributed by atoms with Gasteiger partial charge in [-0.05, 0) is 42.3 Å². The fourth-order valence-electron chi connectivity index (χ4n) is 2.44. The van der Waals surface area contributed by atoms with Gasteiger partial charge in [-0.3, -0.25) is 0 Å². The summed E-state index contributed by atoms with van der Waals surface area (Å²) in [7, 11) is 0. The van der Waals surface area contributed by atoms with Gasteiger partial charge in [-0.2, -0.15) is 0 Å². The maximum Gasteiger partial charge on any atom is 0.123 e. The van der Waals surface area contributed by atoms with Crippen LogP contribution in [0.3, 0.4) is 0 Å². The van der Waals surface area contributed by atoms with Gasteiger partial charge in [-0.25, -0.2) is 4.39 Å². The molecule has 0 saturated heterocycles. The van der Waals surface area contributed by atoms with Crippen LogP contribution >= 0.6 is 0 Å². The van der Waals surface area contributed by atoms with Crippen LogP contribution in [0.1, 0.15) is 18.1 Å². The molecule has 0 spiro atoms. The van der Waals surface area contributed by atoms with Crippen LogP contribution in [0.5, 0.6) is 0 Å². The molecular weight excluding hydrogens is 241 g/mol. The van der Waals surface area contributed by atoms with E-state index in [1.807, 2.05) is 30.5 Å². The number of nitrogens with one attached hydrogen (secondary N) is 1. The summed E-state index contributed by atoms with van der Waals surface area (Å²) in [5.41, 5.74) is 1.29. The largest absolute Gasteiger partial charge is 0.381 e. The van der Waals surface area contributed by atoms with Crippen molar-refractivity contribution < 1.29 is 9.50 Å². The van der Waals surface area contributed by atoms with Gasteiger partial charge >= 0.3 is 0 Å². The Hall–Kier alpha value is -2.13. The average Bonchev–Trinajstić information content (AvgIpc) is 2.87. The fourth-order valence-corrected chi connectivity index (χ4v) is 2.44. The van der Waals surface area contributed by atoms with Crippen LogP contribution in [0.15, 0.2) is 54.7 Å². The molecule has 0 aliphatic heterocycles. The summed E-state index contributed by atoms with van der Waals surface area (Å²) in [5.74, 6) is -0.306. The van der Waals surface area contributed by atoms with E-state index in [2.05, 4.69) is 4.98 Å². The molecule has 1 aromatic heterocycles. The van der Waals surface area contributed by atoms with Gasteiger partial charge in [-0.15, -0.1) is 0 Å². The Morgan fingerprint density at radius 2 is 1.79 bits per heavy atom. The zero-order valence-corrected chi connectivity index (χ0v) is 10.5. The van der Waals surface area contributed by atoms with Crippen molar-refractivity contribution >= 4 is 10.9 Å². The number of rotatable bonds is 2. The summed E-state index contributed by atoms with van der Waals surface area (Å²) in [6.07, 6.45) is 1.84. The molecule has 19 heavy (non-hydrogen) atoms. The SMILES string of the molecule is CC(O)(c1ccc(F)cc1)c1cccc2[nH]ccc12. The van der Waals surface area contributed by atoms with Gasteiger partial charge in [0.1, 0.15) is 11.4 Å². The van der Waals surface area contributed by atoms with Crippen LogP contribution < -0.4 is 0 Å². The van der Waals surface area contributed by atoms with Crippen LogP contribution in [0, 0.1) is 5.82 Å². The lowest BCUT2D eigenvalue weighted by atomic mass is 9.86. The van der Waals surface area contributed by atoms with E-state index >= 15 is 0 Å². The van der Waals surface area contributed by atoms with Gasteiger partial charge < -0.3 is 10.1 Å². The first kappa shape index (κ1) is 11.9. The number of hydrogen-bond acceptors (Lipinski definition) is 1. The van der Waals surface area contributed by atoms with Gasteiger partial charge in [0.05, 0.1) is 0 Å². The molecule has 0 aliphatic carbocycles. The number of fused-ring (bicyclic) bond motifs is 1. The number of hydrogen-bond donors (Lipinski definition) is 2. The molecule has 2 N–H and O–H groups in total. The first-order valence-corrected chi connectivity index (χ1v) is 6.14. The number of aromatic nitrogens is 1. The second kappa shape index (κ2) is 4.21. The van der Waals surface area contributed by atoms with E-state index in [-0.39, 0.29) is 5.82 Å².